The van der Waals surface area contributed by atoms with Crippen molar-refractivity contribution >= 4 is 23.3 Å². The van der Waals surface area contributed by atoms with Gasteiger partial charge in [-0.25, -0.2) is 10.3 Å². The van der Waals surface area contributed by atoms with E-state index in [0.29, 0.717) is 0 Å². The zero-order valence-corrected chi connectivity index (χ0v) is 11.2. The summed E-state index contributed by atoms with van der Waals surface area (Å²) in [5.41, 5.74) is 1.07. The molecule has 0 unspecified atom stereocenters. The molecule has 0 fully saturated rings. The lowest BCUT2D eigenvalue weighted by atomic mass is 10.2. The van der Waals surface area contributed by atoms with Crippen LogP contribution in [0, 0.1) is 6.92 Å². The molecule has 0 aliphatic heterocycles. The number of anilines is 1. The van der Waals surface area contributed by atoms with Gasteiger partial charge in [0.2, 0.25) is 0 Å². The molecule has 0 radical (unpaired) electrons. The van der Waals surface area contributed by atoms with Crippen LogP contribution in [0.4, 0.5) is 18.9 Å². The maximum atomic E-state index is 12.7. The number of hydrogen-bond donors (Lipinski definition) is 1. The number of rotatable bonds is 3. The van der Waals surface area contributed by atoms with Gasteiger partial charge in [-0.3, -0.25) is 0 Å². The van der Waals surface area contributed by atoms with Crippen LogP contribution in [0.5, 0.6) is 0 Å². The minimum absolute atomic E-state index is 0.0625. The van der Waals surface area contributed by atoms with Gasteiger partial charge in [-0.15, -0.1) is 0 Å². The van der Waals surface area contributed by atoms with Crippen LogP contribution in [0.15, 0.2) is 28.9 Å². The average Bonchev–Trinajstić information content (AvgIpc) is 2.82. The van der Waals surface area contributed by atoms with Crippen LogP contribution >= 0.6 is 11.6 Å². The highest BCUT2D eigenvalue weighted by atomic mass is 35.5. The smallest absolute Gasteiger partial charge is 0.361 e. The minimum Gasteiger partial charge on any atom is -0.361 e. The van der Waals surface area contributed by atoms with Crippen LogP contribution in [-0.4, -0.2) is 11.1 Å². The minimum atomic E-state index is -4.61. The molecule has 21 heavy (non-hydrogen) atoms. The van der Waals surface area contributed by atoms with E-state index in [2.05, 4.69) is 20.0 Å². The zero-order chi connectivity index (χ0) is 15.6. The molecule has 1 N–H and O–H groups in total. The van der Waals surface area contributed by atoms with Crippen molar-refractivity contribution in [2.24, 2.45) is 0 Å². The van der Waals surface area contributed by atoms with E-state index in [0.717, 1.165) is 18.3 Å². The second-order valence-electron chi connectivity index (χ2n) is 3.98. The first kappa shape index (κ1) is 15.2. The lowest BCUT2D eigenvalue weighted by Gasteiger charge is -2.11. The summed E-state index contributed by atoms with van der Waals surface area (Å²) in [6.07, 6.45) is -3.47. The van der Waals surface area contributed by atoms with Gasteiger partial charge in [0.1, 0.15) is 11.3 Å². The van der Waals surface area contributed by atoms with Gasteiger partial charge in [0, 0.05) is 0 Å². The summed E-state index contributed by atoms with van der Waals surface area (Å²) in [7, 11) is 0. The number of carbonyl (C=O) groups is 1. The number of aromatic nitrogens is 1. The summed E-state index contributed by atoms with van der Waals surface area (Å²) < 4.78 is 42.7. The molecule has 112 valence electrons. The van der Waals surface area contributed by atoms with Crippen molar-refractivity contribution in [1.82, 2.24) is 5.16 Å². The number of nitrogens with one attached hydrogen (secondary N) is 1. The Morgan fingerprint density at radius 1 is 1.43 bits per heavy atom. The Bertz CT molecular complexity index is 670. The van der Waals surface area contributed by atoms with Crippen molar-refractivity contribution < 1.29 is 27.3 Å². The summed E-state index contributed by atoms with van der Waals surface area (Å²) in [5, 5.41) is 2.94. The lowest BCUT2D eigenvalue weighted by Crippen LogP contribution is -2.12. The standard InChI is InChI=1S/C12H8ClF3N2O3/c1-6-8(5-17-20-6)11(19)21-18-7-2-3-10(13)9(4-7)12(14,15)16/h2-5,18H,1H3. The first-order valence-corrected chi connectivity index (χ1v) is 5.92. The number of nitrogens with zero attached hydrogens (tertiary/aromatic N) is 1. The Labute approximate surface area is 121 Å². The molecule has 9 heteroatoms. The van der Waals surface area contributed by atoms with Crippen molar-refractivity contribution in [3.05, 3.63) is 46.3 Å². The molecule has 0 spiro atoms. The summed E-state index contributed by atoms with van der Waals surface area (Å²) in [6.45, 7) is 1.49. The third-order valence-corrected chi connectivity index (χ3v) is 2.83. The Hall–Kier alpha value is -2.22. The van der Waals surface area contributed by atoms with Crippen LogP contribution in [0.2, 0.25) is 5.02 Å². The molecule has 2 aromatic rings. The van der Waals surface area contributed by atoms with E-state index in [9.17, 15) is 18.0 Å². The highest BCUT2D eigenvalue weighted by molar-refractivity contribution is 6.31. The van der Waals surface area contributed by atoms with Gasteiger partial charge in [-0.05, 0) is 25.1 Å². The van der Waals surface area contributed by atoms with Gasteiger partial charge in [-0.2, -0.15) is 13.2 Å². The fourth-order valence-electron chi connectivity index (χ4n) is 1.46. The number of aryl methyl sites for hydroxylation is 1. The molecule has 0 amide bonds. The molecule has 0 aliphatic carbocycles. The highest BCUT2D eigenvalue weighted by Gasteiger charge is 2.33. The van der Waals surface area contributed by atoms with Gasteiger partial charge in [0.25, 0.3) is 0 Å². The van der Waals surface area contributed by atoms with Gasteiger partial charge < -0.3 is 9.36 Å². The summed E-state index contributed by atoms with van der Waals surface area (Å²) >= 11 is 5.47. The van der Waals surface area contributed by atoms with Crippen molar-refractivity contribution in [2.75, 3.05) is 5.48 Å². The molecule has 5 nitrogen and oxygen atoms in total. The van der Waals surface area contributed by atoms with Crippen molar-refractivity contribution in [2.45, 2.75) is 13.1 Å². The molecule has 1 aromatic heterocycles. The van der Waals surface area contributed by atoms with Crippen molar-refractivity contribution in [3.8, 4) is 0 Å². The molecule has 0 saturated heterocycles. The molecule has 0 saturated carbocycles. The summed E-state index contributed by atoms with van der Waals surface area (Å²) in [4.78, 5) is 16.3. The first-order valence-electron chi connectivity index (χ1n) is 5.54. The molecule has 2 rings (SSSR count). The number of hydrogen-bond acceptors (Lipinski definition) is 5. The van der Waals surface area contributed by atoms with Crippen LogP contribution < -0.4 is 5.48 Å². The molecule has 0 atom stereocenters. The van der Waals surface area contributed by atoms with E-state index < -0.39 is 22.7 Å². The van der Waals surface area contributed by atoms with Crippen molar-refractivity contribution in [1.29, 1.82) is 0 Å². The molecule has 0 aliphatic rings. The van der Waals surface area contributed by atoms with Crippen LogP contribution in [0.3, 0.4) is 0 Å². The zero-order valence-electron chi connectivity index (χ0n) is 10.5. The lowest BCUT2D eigenvalue weighted by molar-refractivity contribution is -0.137. The van der Waals surface area contributed by atoms with Gasteiger partial charge in [-0.1, -0.05) is 16.8 Å². The SMILES string of the molecule is Cc1oncc1C(=O)ONc1ccc(Cl)c(C(F)(F)F)c1. The van der Waals surface area contributed by atoms with Crippen LogP contribution in [0.25, 0.3) is 0 Å². The fourth-order valence-corrected chi connectivity index (χ4v) is 1.69. The average molecular weight is 321 g/mol. The largest absolute Gasteiger partial charge is 0.417 e. The third-order valence-electron chi connectivity index (χ3n) is 2.50. The molecular formula is C12H8ClF3N2O3. The molecular weight excluding hydrogens is 313 g/mol. The molecule has 1 aromatic carbocycles. The quantitative estimate of drug-likeness (QED) is 0.870. The van der Waals surface area contributed by atoms with Crippen LogP contribution in [0.1, 0.15) is 21.7 Å². The van der Waals surface area contributed by atoms with E-state index in [-0.39, 0.29) is 17.0 Å². The second kappa shape index (κ2) is 5.65. The van der Waals surface area contributed by atoms with E-state index >= 15 is 0 Å². The van der Waals surface area contributed by atoms with Gasteiger partial charge in [0.05, 0.1) is 22.5 Å². The number of alkyl halides is 3. The maximum Gasteiger partial charge on any atom is 0.417 e. The topological polar surface area (TPSA) is 64.4 Å². The Morgan fingerprint density at radius 3 is 2.71 bits per heavy atom. The number of carbonyl (C=O) groups excluding carboxylic acids is 1. The van der Waals surface area contributed by atoms with E-state index in [4.69, 9.17) is 11.6 Å². The number of halogens is 4. The second-order valence-corrected chi connectivity index (χ2v) is 4.39. The van der Waals surface area contributed by atoms with Gasteiger partial charge in [0.15, 0.2) is 0 Å². The maximum absolute atomic E-state index is 12.7. The van der Waals surface area contributed by atoms with Crippen LogP contribution in [-0.2, 0) is 11.0 Å². The Balaban J connectivity index is 2.11. The fraction of sp³-hybridized carbons (Fsp3) is 0.167. The van der Waals surface area contributed by atoms with Crippen molar-refractivity contribution in [3.63, 3.8) is 0 Å². The number of benzene rings is 1. The normalized spacial score (nSPS) is 11.3. The summed E-state index contributed by atoms with van der Waals surface area (Å²) in [5.74, 6) is -0.605. The highest BCUT2D eigenvalue weighted by Crippen LogP contribution is 2.36. The van der Waals surface area contributed by atoms with E-state index in [1.165, 1.54) is 13.0 Å². The van der Waals surface area contributed by atoms with E-state index in [1.807, 2.05) is 0 Å². The predicted molar refractivity (Wildman–Crippen MR) is 66.7 cm³/mol. The van der Waals surface area contributed by atoms with E-state index in [1.54, 1.807) is 0 Å². The third kappa shape index (κ3) is 3.46. The molecule has 1 heterocycles. The Kier molecular flexibility index (Phi) is 4.08. The molecule has 0 bridgehead atoms. The Morgan fingerprint density at radius 2 is 2.14 bits per heavy atom. The monoisotopic (exact) mass is 320 g/mol. The summed E-state index contributed by atoms with van der Waals surface area (Å²) in [6, 6.07) is 3.02. The first-order chi connectivity index (χ1) is 9.79. The predicted octanol–water partition coefficient (Wildman–Crippen LogP) is 3.84. The van der Waals surface area contributed by atoms with Gasteiger partial charge >= 0.3 is 12.1 Å².